The Morgan fingerprint density at radius 1 is 1.28 bits per heavy atom. The van der Waals surface area contributed by atoms with Crippen molar-refractivity contribution in [1.82, 2.24) is 4.98 Å². The number of ketones is 1. The molecule has 0 bridgehead atoms. The van der Waals surface area contributed by atoms with Crippen molar-refractivity contribution in [3.63, 3.8) is 0 Å². The monoisotopic (exact) mass is 516 g/mol. The third kappa shape index (κ3) is 4.22. The van der Waals surface area contributed by atoms with Crippen LogP contribution in [0.15, 0.2) is 57.3 Å². The number of benzene rings is 1. The molecule has 2 atom stereocenters. The number of carbonyl (C=O) groups is 2. The van der Waals surface area contributed by atoms with Gasteiger partial charge in [-0.05, 0) is 59.5 Å². The third-order valence-electron chi connectivity index (χ3n) is 5.62. The van der Waals surface area contributed by atoms with E-state index in [0.717, 1.165) is 4.47 Å². The second kappa shape index (κ2) is 8.91. The van der Waals surface area contributed by atoms with Crippen LogP contribution in [0.5, 0.6) is 0 Å². The molecular formula is C22H18BrClN4O4. The first-order chi connectivity index (χ1) is 15.3. The molecule has 1 unspecified atom stereocenters. The minimum absolute atomic E-state index is 0.0100. The summed E-state index contributed by atoms with van der Waals surface area (Å²) in [5, 5.41) is 14.3. The first-order valence-corrected chi connectivity index (χ1v) is 11.1. The fourth-order valence-corrected chi connectivity index (χ4v) is 4.64. The smallest absolute Gasteiger partial charge is 0.288 e. The van der Waals surface area contributed by atoms with Crippen LogP contribution in [0.4, 0.5) is 11.5 Å². The van der Waals surface area contributed by atoms with Gasteiger partial charge in [0.15, 0.2) is 5.78 Å². The van der Waals surface area contributed by atoms with E-state index in [9.17, 15) is 19.7 Å². The minimum atomic E-state index is -0.831. The van der Waals surface area contributed by atoms with E-state index in [0.29, 0.717) is 47.6 Å². The van der Waals surface area contributed by atoms with Crippen molar-refractivity contribution in [1.29, 1.82) is 0 Å². The Balaban J connectivity index is 1.81. The van der Waals surface area contributed by atoms with Crippen molar-refractivity contribution < 1.29 is 14.5 Å². The Morgan fingerprint density at radius 3 is 2.75 bits per heavy atom. The highest BCUT2D eigenvalue weighted by Gasteiger charge is 2.43. The van der Waals surface area contributed by atoms with Crippen LogP contribution in [-0.2, 0) is 9.59 Å². The summed E-state index contributed by atoms with van der Waals surface area (Å²) >= 11 is 9.31. The summed E-state index contributed by atoms with van der Waals surface area (Å²) in [5.41, 5.74) is 1.83. The molecule has 0 saturated carbocycles. The third-order valence-corrected chi connectivity index (χ3v) is 6.41. The van der Waals surface area contributed by atoms with Crippen LogP contribution in [0, 0.1) is 16.0 Å². The van der Waals surface area contributed by atoms with Crippen molar-refractivity contribution in [2.75, 3.05) is 5.32 Å². The van der Waals surface area contributed by atoms with Crippen LogP contribution in [0.25, 0.3) is 0 Å². The molecule has 2 heterocycles. The zero-order valence-electron chi connectivity index (χ0n) is 17.0. The zero-order chi connectivity index (χ0) is 23.0. The number of aromatic nitrogens is 1. The van der Waals surface area contributed by atoms with Gasteiger partial charge in [-0.25, -0.2) is 4.98 Å². The molecule has 2 aromatic rings. The topological polar surface area (TPSA) is 115 Å². The van der Waals surface area contributed by atoms with Gasteiger partial charge in [0.1, 0.15) is 10.8 Å². The van der Waals surface area contributed by atoms with Crippen LogP contribution in [0.2, 0.25) is 5.02 Å². The normalized spacial score (nSPS) is 20.5. The molecule has 0 radical (unpaired) electrons. The summed E-state index contributed by atoms with van der Waals surface area (Å²) in [6.45, 7) is 1.74. The number of hydrogen-bond donors (Lipinski definition) is 1. The van der Waals surface area contributed by atoms with Crippen LogP contribution < -0.4 is 5.32 Å². The molecule has 32 heavy (non-hydrogen) atoms. The maximum atomic E-state index is 13.4. The molecule has 1 aromatic carbocycles. The summed E-state index contributed by atoms with van der Waals surface area (Å²) in [5.74, 6) is -1.68. The van der Waals surface area contributed by atoms with Gasteiger partial charge in [0.25, 0.3) is 5.69 Å². The molecule has 0 saturated heterocycles. The Kier molecular flexibility index (Phi) is 6.21. The lowest BCUT2D eigenvalue weighted by Gasteiger charge is -2.34. The average Bonchev–Trinajstić information content (AvgIpc) is 2.74. The van der Waals surface area contributed by atoms with Crippen molar-refractivity contribution in [3.8, 4) is 0 Å². The quantitative estimate of drug-likeness (QED) is 0.441. The first-order valence-electron chi connectivity index (χ1n) is 9.94. The van der Waals surface area contributed by atoms with Gasteiger partial charge in [0.2, 0.25) is 5.91 Å². The summed E-state index contributed by atoms with van der Waals surface area (Å²) in [6.07, 6.45) is 3.21. The lowest BCUT2D eigenvalue weighted by Crippen LogP contribution is -2.39. The van der Waals surface area contributed by atoms with Gasteiger partial charge in [-0.3, -0.25) is 24.7 Å². The number of carbonyl (C=O) groups excluding carboxylic acids is 2. The molecule has 1 amide bonds. The number of anilines is 1. The van der Waals surface area contributed by atoms with E-state index in [-0.39, 0.29) is 16.5 Å². The van der Waals surface area contributed by atoms with E-state index in [1.807, 2.05) is 0 Å². The molecular weight excluding hydrogens is 500 g/mol. The Labute approximate surface area is 197 Å². The van der Waals surface area contributed by atoms with Crippen LogP contribution in [0.1, 0.15) is 37.7 Å². The highest BCUT2D eigenvalue weighted by molar-refractivity contribution is 9.10. The maximum absolute atomic E-state index is 13.4. The number of pyridine rings is 1. The molecule has 1 aromatic heterocycles. The lowest BCUT2D eigenvalue weighted by atomic mass is 9.71. The number of nitro benzene ring substituents is 1. The number of allylic oxidation sites excluding steroid dienone is 2. The van der Waals surface area contributed by atoms with Crippen LogP contribution >= 0.6 is 27.5 Å². The highest BCUT2D eigenvalue weighted by Crippen LogP contribution is 2.44. The van der Waals surface area contributed by atoms with Gasteiger partial charge < -0.3 is 5.32 Å². The number of halogens is 2. The molecule has 4 rings (SSSR count). The predicted octanol–water partition coefficient (Wildman–Crippen LogP) is 5.23. The number of nitrogens with zero attached hydrogens (tertiary/aromatic N) is 3. The van der Waals surface area contributed by atoms with Crippen molar-refractivity contribution in [3.05, 3.63) is 73.0 Å². The number of nitro groups is 1. The molecule has 2 aliphatic rings. The second-order valence-corrected chi connectivity index (χ2v) is 8.99. The Hall–Kier alpha value is -2.91. The van der Waals surface area contributed by atoms with Gasteiger partial charge in [0, 0.05) is 46.1 Å². The second-order valence-electron chi connectivity index (χ2n) is 7.66. The molecule has 164 valence electrons. The van der Waals surface area contributed by atoms with Gasteiger partial charge in [-0.15, -0.1) is 0 Å². The highest BCUT2D eigenvalue weighted by atomic mass is 79.9. The molecule has 1 aliphatic heterocycles. The largest absolute Gasteiger partial charge is 0.310 e. The van der Waals surface area contributed by atoms with Gasteiger partial charge in [0.05, 0.1) is 10.8 Å². The molecule has 1 aliphatic carbocycles. The Morgan fingerprint density at radius 2 is 2.06 bits per heavy atom. The number of nitrogens with one attached hydrogen (secondary N) is 1. The van der Waals surface area contributed by atoms with Crippen molar-refractivity contribution in [2.24, 2.45) is 10.9 Å². The van der Waals surface area contributed by atoms with Gasteiger partial charge in [-0.1, -0.05) is 17.7 Å². The number of aliphatic imine (C=N–C) groups is 1. The van der Waals surface area contributed by atoms with Crippen molar-refractivity contribution in [2.45, 2.75) is 32.1 Å². The van der Waals surface area contributed by atoms with E-state index in [1.54, 1.807) is 31.3 Å². The van der Waals surface area contributed by atoms with E-state index in [1.165, 1.54) is 12.1 Å². The zero-order valence-corrected chi connectivity index (χ0v) is 19.3. The first kappa shape index (κ1) is 22.3. The number of amides is 1. The fourth-order valence-electron chi connectivity index (χ4n) is 4.22. The Bertz CT molecular complexity index is 1190. The molecule has 0 spiro atoms. The number of Topliss-reactive ketones (excluding diaryl/α,β-unsaturated/α-hetero) is 1. The van der Waals surface area contributed by atoms with E-state index >= 15 is 0 Å². The van der Waals surface area contributed by atoms with Crippen LogP contribution in [-0.4, -0.2) is 27.3 Å². The number of rotatable bonds is 4. The molecule has 10 heteroatoms. The van der Waals surface area contributed by atoms with Gasteiger partial charge in [-0.2, -0.15) is 0 Å². The standard InChI is InChI=1S/C22H18BrClN4O4/c1-11-19(22(30)27-18-8-6-13(23)10-25-18)20(21-15(26-11)3-2-4-17(21)29)12-5-7-14(24)16(9-12)28(31)32/h5-10,19-20H,2-4H2,1H3,(H,25,27,30)/t19?,20-/m0/s1. The lowest BCUT2D eigenvalue weighted by molar-refractivity contribution is -0.384. The van der Waals surface area contributed by atoms with E-state index < -0.39 is 22.7 Å². The SMILES string of the molecule is CC1=NC2=C(C(=O)CCC2)[C@@H](c2ccc(Cl)c([N+](=O)[O-])c2)C1C(=O)Nc1ccc(Br)cn1. The molecule has 0 fully saturated rings. The van der Waals surface area contributed by atoms with E-state index in [2.05, 4.69) is 31.2 Å². The number of hydrogen-bond acceptors (Lipinski definition) is 6. The fraction of sp³-hybridized carbons (Fsp3) is 0.273. The van der Waals surface area contributed by atoms with Crippen LogP contribution in [0.3, 0.4) is 0 Å². The predicted molar refractivity (Wildman–Crippen MR) is 124 cm³/mol. The summed E-state index contributed by atoms with van der Waals surface area (Å²) in [7, 11) is 0. The van der Waals surface area contributed by atoms with Crippen molar-refractivity contribution >= 4 is 56.4 Å². The van der Waals surface area contributed by atoms with E-state index in [4.69, 9.17) is 11.6 Å². The molecule has 8 nitrogen and oxygen atoms in total. The average molecular weight is 518 g/mol. The maximum Gasteiger partial charge on any atom is 0.288 e. The summed E-state index contributed by atoms with van der Waals surface area (Å²) < 4.78 is 0.764. The molecule has 1 N–H and O–H groups in total. The van der Waals surface area contributed by atoms with Gasteiger partial charge >= 0.3 is 0 Å². The minimum Gasteiger partial charge on any atom is -0.310 e. The summed E-state index contributed by atoms with van der Waals surface area (Å²) in [4.78, 5) is 46.0. The summed E-state index contributed by atoms with van der Waals surface area (Å²) in [6, 6.07) is 7.79.